The molecule has 4 atom stereocenters. The number of nitriles is 3. The van der Waals surface area contributed by atoms with Crippen LogP contribution in [0.4, 0.5) is 0 Å². The Morgan fingerprint density at radius 2 is 1.69 bits per heavy atom. The minimum atomic E-state index is -1.96. The summed E-state index contributed by atoms with van der Waals surface area (Å²) in [6.07, 6.45) is 2.31. The van der Waals surface area contributed by atoms with Crippen molar-refractivity contribution in [3.8, 4) is 18.2 Å². The van der Waals surface area contributed by atoms with E-state index in [1.807, 2.05) is 42.5 Å². The highest BCUT2D eigenvalue weighted by Crippen LogP contribution is 2.66. The van der Waals surface area contributed by atoms with E-state index in [0.29, 0.717) is 12.0 Å². The third-order valence-corrected chi connectivity index (χ3v) is 6.01. The van der Waals surface area contributed by atoms with Gasteiger partial charge < -0.3 is 9.47 Å². The molecule has 2 aliphatic heterocycles. The van der Waals surface area contributed by atoms with E-state index in [2.05, 4.69) is 11.1 Å². The Balaban J connectivity index is 1.95. The molecule has 7 heteroatoms. The fraction of sp³-hybridized carbons (Fsp3) is 0.318. The minimum absolute atomic E-state index is 0.321. The van der Waals surface area contributed by atoms with Gasteiger partial charge in [0.1, 0.15) is 6.10 Å². The SMILES string of the molecule is CC12OC(=N)C(C#N)(C1Cc1ccccc1)C(C#N)(C#N)C(c1ccncc1)O2. The molecule has 4 unspecified atom stereocenters. The number of nitrogens with one attached hydrogen (secondary N) is 1. The standard InChI is InChI=1S/C22H17N5O2/c1-20-17(11-15-5-3-2-4-6-15)22(14-25,19(26)29-20)21(12-23,13-24)18(28-20)16-7-9-27-10-8-16/h2-10,17-18,26H,11H2,1H3. The lowest BCUT2D eigenvalue weighted by molar-refractivity contribution is -0.272. The molecule has 1 N–H and O–H groups in total. The fourth-order valence-corrected chi connectivity index (χ4v) is 4.58. The van der Waals surface area contributed by atoms with E-state index in [1.165, 1.54) is 12.4 Å². The lowest BCUT2D eigenvalue weighted by Crippen LogP contribution is -2.59. The van der Waals surface area contributed by atoms with Gasteiger partial charge in [0, 0.05) is 19.3 Å². The number of pyridine rings is 1. The first kappa shape index (κ1) is 18.6. The quantitative estimate of drug-likeness (QED) is 0.866. The number of benzene rings is 1. The molecule has 2 fully saturated rings. The topological polar surface area (TPSA) is 127 Å². The number of ether oxygens (including phenoxy) is 2. The van der Waals surface area contributed by atoms with Crippen molar-refractivity contribution in [2.24, 2.45) is 16.7 Å². The second-order valence-corrected chi connectivity index (χ2v) is 7.42. The van der Waals surface area contributed by atoms with Crippen LogP contribution in [0.15, 0.2) is 54.9 Å². The monoisotopic (exact) mass is 383 g/mol. The molecule has 2 bridgehead atoms. The van der Waals surface area contributed by atoms with E-state index >= 15 is 0 Å². The summed E-state index contributed by atoms with van der Waals surface area (Å²) in [6.45, 7) is 1.67. The van der Waals surface area contributed by atoms with Crippen LogP contribution in [0.2, 0.25) is 0 Å². The minimum Gasteiger partial charge on any atom is -0.448 e. The molecule has 2 aliphatic rings. The smallest absolute Gasteiger partial charge is 0.215 e. The normalized spacial score (nSPS) is 31.7. The summed E-state index contributed by atoms with van der Waals surface area (Å²) in [5.74, 6) is -2.45. The molecular weight excluding hydrogens is 366 g/mol. The third kappa shape index (κ3) is 2.30. The highest BCUT2D eigenvalue weighted by Gasteiger charge is 2.79. The molecule has 0 saturated carbocycles. The molecule has 2 aromatic rings. The Bertz CT molecular complexity index is 1070. The molecule has 0 aliphatic carbocycles. The molecule has 1 aromatic heterocycles. The van der Waals surface area contributed by atoms with Crippen molar-refractivity contribution in [1.29, 1.82) is 21.2 Å². The van der Waals surface area contributed by atoms with E-state index in [1.54, 1.807) is 19.1 Å². The largest absolute Gasteiger partial charge is 0.448 e. The van der Waals surface area contributed by atoms with Gasteiger partial charge in [-0.05, 0) is 29.7 Å². The molecule has 0 amide bonds. The Kier molecular flexibility index (Phi) is 4.12. The second-order valence-electron chi connectivity index (χ2n) is 7.42. The molecule has 2 saturated heterocycles. The highest BCUT2D eigenvalue weighted by molar-refractivity contribution is 5.89. The average Bonchev–Trinajstić information content (AvgIpc) is 2.91. The van der Waals surface area contributed by atoms with Gasteiger partial charge in [-0.2, -0.15) is 15.8 Å². The number of nitrogens with zero attached hydrogens (tertiary/aromatic N) is 4. The maximum Gasteiger partial charge on any atom is 0.215 e. The molecule has 0 radical (unpaired) electrons. The summed E-state index contributed by atoms with van der Waals surface area (Å²) >= 11 is 0. The summed E-state index contributed by atoms with van der Waals surface area (Å²) in [5, 5.41) is 39.3. The maximum absolute atomic E-state index is 10.3. The van der Waals surface area contributed by atoms with Crippen molar-refractivity contribution in [3.63, 3.8) is 0 Å². The van der Waals surface area contributed by atoms with Crippen molar-refractivity contribution in [2.45, 2.75) is 25.2 Å². The molecule has 0 spiro atoms. The highest BCUT2D eigenvalue weighted by atomic mass is 16.7. The van der Waals surface area contributed by atoms with Crippen LogP contribution in [0.25, 0.3) is 0 Å². The van der Waals surface area contributed by atoms with Crippen LogP contribution in [-0.4, -0.2) is 16.7 Å². The first-order chi connectivity index (χ1) is 14.0. The molecule has 142 valence electrons. The zero-order valence-corrected chi connectivity index (χ0v) is 15.7. The molecular formula is C22H17N5O2. The van der Waals surface area contributed by atoms with E-state index < -0.39 is 34.5 Å². The number of aromatic nitrogens is 1. The summed E-state index contributed by atoms with van der Waals surface area (Å²) < 4.78 is 12.0. The van der Waals surface area contributed by atoms with E-state index in [-0.39, 0.29) is 0 Å². The Hall–Kier alpha value is -3.73. The van der Waals surface area contributed by atoms with Crippen LogP contribution in [0.1, 0.15) is 24.2 Å². The lowest BCUT2D eigenvalue weighted by atomic mass is 9.52. The van der Waals surface area contributed by atoms with Gasteiger partial charge in [0.2, 0.25) is 17.1 Å². The fourth-order valence-electron chi connectivity index (χ4n) is 4.58. The van der Waals surface area contributed by atoms with Gasteiger partial charge >= 0.3 is 0 Å². The molecule has 29 heavy (non-hydrogen) atoms. The Morgan fingerprint density at radius 1 is 1.03 bits per heavy atom. The van der Waals surface area contributed by atoms with Gasteiger partial charge in [0.15, 0.2) is 5.41 Å². The van der Waals surface area contributed by atoms with Crippen LogP contribution >= 0.6 is 0 Å². The van der Waals surface area contributed by atoms with Crippen LogP contribution in [0.5, 0.6) is 0 Å². The average molecular weight is 383 g/mol. The van der Waals surface area contributed by atoms with Crippen LogP contribution < -0.4 is 0 Å². The van der Waals surface area contributed by atoms with Crippen molar-refractivity contribution in [1.82, 2.24) is 4.98 Å². The van der Waals surface area contributed by atoms with Crippen molar-refractivity contribution in [2.75, 3.05) is 0 Å². The van der Waals surface area contributed by atoms with E-state index in [9.17, 15) is 15.8 Å². The summed E-state index contributed by atoms with van der Waals surface area (Å²) in [5.41, 5.74) is -2.31. The molecule has 3 heterocycles. The lowest BCUT2D eigenvalue weighted by Gasteiger charge is -2.48. The molecule has 1 aromatic carbocycles. The Morgan fingerprint density at radius 3 is 2.28 bits per heavy atom. The van der Waals surface area contributed by atoms with Crippen LogP contribution in [0.3, 0.4) is 0 Å². The van der Waals surface area contributed by atoms with Gasteiger partial charge in [0.25, 0.3) is 0 Å². The van der Waals surface area contributed by atoms with Gasteiger partial charge in [-0.25, -0.2) is 0 Å². The third-order valence-electron chi connectivity index (χ3n) is 6.01. The van der Waals surface area contributed by atoms with Gasteiger partial charge in [-0.1, -0.05) is 30.3 Å². The van der Waals surface area contributed by atoms with Gasteiger partial charge in [-0.3, -0.25) is 10.4 Å². The predicted octanol–water partition coefficient (Wildman–Crippen LogP) is 3.28. The van der Waals surface area contributed by atoms with Gasteiger partial charge in [0.05, 0.1) is 24.1 Å². The number of rotatable bonds is 3. The summed E-state index contributed by atoms with van der Waals surface area (Å²) in [6, 6.07) is 19.0. The predicted molar refractivity (Wildman–Crippen MR) is 101 cm³/mol. The second kappa shape index (κ2) is 6.41. The zero-order valence-electron chi connectivity index (χ0n) is 15.7. The van der Waals surface area contributed by atoms with Crippen molar-refractivity contribution < 1.29 is 9.47 Å². The van der Waals surface area contributed by atoms with E-state index in [4.69, 9.17) is 14.9 Å². The molecule has 4 rings (SSSR count). The zero-order chi connectivity index (χ0) is 20.7. The molecule has 7 nitrogen and oxygen atoms in total. The van der Waals surface area contributed by atoms with Crippen LogP contribution in [0, 0.1) is 56.2 Å². The number of fused-ring (bicyclic) bond motifs is 2. The van der Waals surface area contributed by atoms with Crippen molar-refractivity contribution in [3.05, 3.63) is 66.0 Å². The van der Waals surface area contributed by atoms with Gasteiger partial charge in [-0.15, -0.1) is 0 Å². The summed E-state index contributed by atoms with van der Waals surface area (Å²) in [4.78, 5) is 3.97. The Labute approximate surface area is 168 Å². The number of hydrogen-bond acceptors (Lipinski definition) is 7. The number of hydrogen-bond donors (Lipinski definition) is 1. The van der Waals surface area contributed by atoms with Crippen molar-refractivity contribution >= 4 is 5.90 Å². The van der Waals surface area contributed by atoms with Crippen LogP contribution in [-0.2, 0) is 15.9 Å². The first-order valence-electron chi connectivity index (χ1n) is 9.11. The maximum atomic E-state index is 10.3. The first-order valence-corrected chi connectivity index (χ1v) is 9.11. The van der Waals surface area contributed by atoms with E-state index in [0.717, 1.165) is 5.56 Å². The summed E-state index contributed by atoms with van der Waals surface area (Å²) in [7, 11) is 0.